The van der Waals surface area contributed by atoms with E-state index < -0.39 is 34.7 Å². The zero-order chi connectivity index (χ0) is 18.1. The number of fused-ring (bicyclic) bond motifs is 1. The number of nitro benzene ring substituents is 1. The van der Waals surface area contributed by atoms with Crippen LogP contribution in [-0.4, -0.2) is 28.7 Å². The van der Waals surface area contributed by atoms with E-state index in [-0.39, 0.29) is 5.69 Å². The van der Waals surface area contributed by atoms with E-state index in [9.17, 15) is 19.7 Å². The van der Waals surface area contributed by atoms with Gasteiger partial charge in [0.25, 0.3) is 5.69 Å². The summed E-state index contributed by atoms with van der Waals surface area (Å²) in [6.07, 6.45) is -0.941. The van der Waals surface area contributed by atoms with Gasteiger partial charge in [-0.1, -0.05) is 6.07 Å². The topological polar surface area (TPSA) is 108 Å². The minimum absolute atomic E-state index is 0.0896. The average molecular weight is 336 g/mol. The second kappa shape index (κ2) is 6.46. The first-order valence-electron chi connectivity index (χ1n) is 7.51. The number of benzene rings is 1. The maximum Gasteiger partial charge on any atom is 0.408 e. The quantitative estimate of drug-likeness (QED) is 0.516. The molecule has 0 spiro atoms. The minimum atomic E-state index is -0.696. The van der Waals surface area contributed by atoms with Crippen LogP contribution < -0.4 is 5.32 Å². The number of nitrogens with one attached hydrogen (secondary N) is 1. The summed E-state index contributed by atoms with van der Waals surface area (Å²) in [6.45, 7) is 6.45. The van der Waals surface area contributed by atoms with E-state index in [1.165, 1.54) is 19.1 Å². The number of esters is 1. The molecule has 1 amide bonds. The first-order chi connectivity index (χ1) is 11.1. The van der Waals surface area contributed by atoms with Gasteiger partial charge in [-0.25, -0.2) is 4.79 Å². The molecule has 0 saturated heterocycles. The van der Waals surface area contributed by atoms with Crippen molar-refractivity contribution in [2.75, 3.05) is 0 Å². The third-order valence-corrected chi connectivity index (χ3v) is 3.46. The highest BCUT2D eigenvalue weighted by Gasteiger charge is 2.37. The Morgan fingerprint density at radius 2 is 2.00 bits per heavy atom. The molecule has 130 valence electrons. The van der Waals surface area contributed by atoms with Crippen molar-refractivity contribution in [1.29, 1.82) is 0 Å². The number of carbonyl (C=O) groups excluding carboxylic acids is 2. The van der Waals surface area contributed by atoms with E-state index in [2.05, 4.69) is 5.32 Å². The van der Waals surface area contributed by atoms with Crippen molar-refractivity contribution in [2.45, 2.75) is 51.9 Å². The third kappa shape index (κ3) is 4.21. The van der Waals surface area contributed by atoms with E-state index in [0.717, 1.165) is 5.56 Å². The Bertz CT molecular complexity index is 680. The van der Waals surface area contributed by atoms with Crippen molar-refractivity contribution in [2.24, 2.45) is 0 Å². The molecule has 2 atom stereocenters. The van der Waals surface area contributed by atoms with Crippen LogP contribution in [0.3, 0.4) is 0 Å². The summed E-state index contributed by atoms with van der Waals surface area (Å²) < 4.78 is 10.5. The van der Waals surface area contributed by atoms with E-state index in [1.807, 2.05) is 0 Å². The smallest absolute Gasteiger partial charge is 0.408 e. The summed E-state index contributed by atoms with van der Waals surface area (Å²) >= 11 is 0. The highest BCUT2D eigenvalue weighted by Crippen LogP contribution is 2.36. The van der Waals surface area contributed by atoms with Crippen molar-refractivity contribution >= 4 is 17.7 Å². The van der Waals surface area contributed by atoms with Crippen LogP contribution in [0.1, 0.15) is 44.9 Å². The van der Waals surface area contributed by atoms with E-state index >= 15 is 0 Å². The molecule has 8 nitrogen and oxygen atoms in total. The highest BCUT2D eigenvalue weighted by molar-refractivity contribution is 5.70. The lowest BCUT2D eigenvalue weighted by Crippen LogP contribution is -2.39. The number of hydrogen-bond donors (Lipinski definition) is 1. The van der Waals surface area contributed by atoms with Gasteiger partial charge in [0, 0.05) is 25.5 Å². The zero-order valence-corrected chi connectivity index (χ0v) is 14.0. The van der Waals surface area contributed by atoms with Gasteiger partial charge in [0.05, 0.1) is 11.0 Å². The first-order valence-corrected chi connectivity index (χ1v) is 7.51. The second-order valence-corrected chi connectivity index (χ2v) is 6.62. The molecule has 2 rings (SSSR count). The lowest BCUT2D eigenvalue weighted by molar-refractivity contribution is -0.384. The standard InChI is InChI=1S/C16H20N2O6/c1-9(19)23-13-7-10-5-6-11(18(21)22)8-12(10)14(13)17-15(20)24-16(2,3)4/h5-6,8,13-14H,7H2,1-4H3,(H,17,20). The van der Waals surface area contributed by atoms with Crippen molar-refractivity contribution in [1.82, 2.24) is 5.32 Å². The predicted octanol–water partition coefficient (Wildman–Crippen LogP) is 2.65. The van der Waals surface area contributed by atoms with Crippen LogP contribution in [0.4, 0.5) is 10.5 Å². The molecule has 0 radical (unpaired) electrons. The van der Waals surface area contributed by atoms with Crippen molar-refractivity contribution in [3.8, 4) is 0 Å². The van der Waals surface area contributed by atoms with Crippen LogP contribution >= 0.6 is 0 Å². The summed E-state index contributed by atoms with van der Waals surface area (Å²) in [6, 6.07) is 3.69. The molecule has 1 aromatic carbocycles. The monoisotopic (exact) mass is 336 g/mol. The lowest BCUT2D eigenvalue weighted by atomic mass is 10.1. The van der Waals surface area contributed by atoms with Gasteiger partial charge in [-0.15, -0.1) is 0 Å². The molecule has 1 aromatic rings. The molecule has 8 heteroatoms. The number of nitrogens with zero attached hydrogens (tertiary/aromatic N) is 1. The molecule has 1 aliphatic rings. The van der Waals surface area contributed by atoms with Gasteiger partial charge in [-0.05, 0) is 31.9 Å². The first kappa shape index (κ1) is 17.7. The fourth-order valence-corrected chi connectivity index (χ4v) is 2.63. The largest absolute Gasteiger partial charge is 0.460 e. The average Bonchev–Trinajstić information content (AvgIpc) is 2.73. The Morgan fingerprint density at radius 3 is 2.54 bits per heavy atom. The Kier molecular flexibility index (Phi) is 4.77. The van der Waals surface area contributed by atoms with Gasteiger partial charge >= 0.3 is 12.1 Å². The summed E-state index contributed by atoms with van der Waals surface area (Å²) in [5.41, 5.74) is 0.563. The molecule has 0 saturated carbocycles. The number of non-ortho nitro benzene ring substituents is 1. The maximum atomic E-state index is 12.1. The van der Waals surface area contributed by atoms with Crippen molar-refractivity contribution in [3.05, 3.63) is 39.4 Å². The number of ether oxygens (including phenoxy) is 2. The molecule has 0 bridgehead atoms. The molecule has 0 aromatic heterocycles. The van der Waals surface area contributed by atoms with Crippen LogP contribution in [0, 0.1) is 10.1 Å². The number of rotatable bonds is 3. The van der Waals surface area contributed by atoms with Crippen molar-refractivity contribution in [3.63, 3.8) is 0 Å². The predicted molar refractivity (Wildman–Crippen MR) is 84.5 cm³/mol. The van der Waals surface area contributed by atoms with Crippen LogP contribution in [-0.2, 0) is 20.7 Å². The fourth-order valence-electron chi connectivity index (χ4n) is 2.63. The highest BCUT2D eigenvalue weighted by atomic mass is 16.6. The molecule has 1 aliphatic carbocycles. The third-order valence-electron chi connectivity index (χ3n) is 3.46. The van der Waals surface area contributed by atoms with Gasteiger partial charge in [0.1, 0.15) is 11.7 Å². The van der Waals surface area contributed by atoms with Gasteiger partial charge in [0.2, 0.25) is 0 Å². The number of amides is 1. The molecular formula is C16H20N2O6. The summed E-state index contributed by atoms with van der Waals surface area (Å²) in [4.78, 5) is 33.9. The Labute approximate surface area is 139 Å². The number of hydrogen-bond acceptors (Lipinski definition) is 6. The van der Waals surface area contributed by atoms with Gasteiger partial charge in [-0.3, -0.25) is 14.9 Å². The van der Waals surface area contributed by atoms with Crippen LogP contribution in [0.5, 0.6) is 0 Å². The fraction of sp³-hybridized carbons (Fsp3) is 0.500. The molecular weight excluding hydrogens is 316 g/mol. The number of alkyl carbamates (subject to hydrolysis) is 1. The second-order valence-electron chi connectivity index (χ2n) is 6.62. The lowest BCUT2D eigenvalue weighted by Gasteiger charge is -2.25. The van der Waals surface area contributed by atoms with Crippen molar-refractivity contribution < 1.29 is 24.0 Å². The summed E-state index contributed by atoms with van der Waals surface area (Å²) in [5, 5.41) is 13.6. The molecule has 0 heterocycles. The van der Waals surface area contributed by atoms with Crippen LogP contribution in [0.15, 0.2) is 18.2 Å². The van der Waals surface area contributed by atoms with Gasteiger partial charge in [-0.2, -0.15) is 0 Å². The van der Waals surface area contributed by atoms with E-state index in [1.54, 1.807) is 26.8 Å². The van der Waals surface area contributed by atoms with E-state index in [0.29, 0.717) is 12.0 Å². The van der Waals surface area contributed by atoms with Crippen LogP contribution in [0.2, 0.25) is 0 Å². The zero-order valence-electron chi connectivity index (χ0n) is 14.0. The maximum absolute atomic E-state index is 12.1. The number of carbonyl (C=O) groups is 2. The molecule has 2 unspecified atom stereocenters. The molecule has 1 N–H and O–H groups in total. The molecule has 0 aliphatic heterocycles. The number of nitro groups is 1. The van der Waals surface area contributed by atoms with E-state index in [4.69, 9.17) is 9.47 Å². The Balaban J connectivity index is 2.29. The Hall–Kier alpha value is -2.64. The SMILES string of the molecule is CC(=O)OC1Cc2ccc([N+](=O)[O-])cc2C1NC(=O)OC(C)(C)C. The van der Waals surface area contributed by atoms with Gasteiger partial charge in [0.15, 0.2) is 0 Å². The minimum Gasteiger partial charge on any atom is -0.460 e. The summed E-state index contributed by atoms with van der Waals surface area (Å²) in [5.74, 6) is -0.488. The van der Waals surface area contributed by atoms with Gasteiger partial charge < -0.3 is 14.8 Å². The van der Waals surface area contributed by atoms with Crippen LogP contribution in [0.25, 0.3) is 0 Å². The molecule has 0 fully saturated rings. The Morgan fingerprint density at radius 1 is 1.33 bits per heavy atom. The summed E-state index contributed by atoms with van der Waals surface area (Å²) in [7, 11) is 0. The normalized spacial score (nSPS) is 19.3. The molecule has 24 heavy (non-hydrogen) atoms.